The van der Waals surface area contributed by atoms with Crippen molar-refractivity contribution in [3.05, 3.63) is 23.3 Å². The first-order valence-electron chi connectivity index (χ1n) is 6.46. The Hall–Kier alpha value is -1.13. The summed E-state index contributed by atoms with van der Waals surface area (Å²) in [6.45, 7) is 1.17. The summed E-state index contributed by atoms with van der Waals surface area (Å²) in [4.78, 5) is 11.8. The third kappa shape index (κ3) is 1.71. The highest BCUT2D eigenvalue weighted by atomic mass is 16.5. The molecule has 2 fully saturated rings. The van der Waals surface area contributed by atoms with Gasteiger partial charge in [0.2, 0.25) is 0 Å². The zero-order valence-electron chi connectivity index (χ0n) is 10.5. The molecule has 3 aliphatic rings. The maximum Gasteiger partial charge on any atom is 0.313 e. The Balaban J connectivity index is 2.01. The molecule has 1 saturated carbocycles. The molecule has 0 bridgehead atoms. The number of rotatable bonds is 1. The molecule has 98 valence electrons. The highest BCUT2D eigenvalue weighted by Crippen LogP contribution is 2.43. The van der Waals surface area contributed by atoms with E-state index in [1.54, 1.807) is 0 Å². The molecule has 0 amide bonds. The highest BCUT2D eigenvalue weighted by Gasteiger charge is 2.41. The summed E-state index contributed by atoms with van der Waals surface area (Å²) in [5.41, 5.74) is 2.50. The Morgan fingerprint density at radius 3 is 3.06 bits per heavy atom. The molecule has 1 N–H and O–H groups in total. The van der Waals surface area contributed by atoms with Crippen molar-refractivity contribution in [2.75, 3.05) is 20.3 Å². The number of methoxy groups -OCH3 is 1. The average Bonchev–Trinajstić information content (AvgIpc) is 2.94. The Bertz CT molecular complexity index is 424. The Labute approximate surface area is 106 Å². The number of fused-ring (bicyclic) bond motifs is 2. The largest absolute Gasteiger partial charge is 0.469 e. The minimum Gasteiger partial charge on any atom is -0.469 e. The van der Waals surface area contributed by atoms with Gasteiger partial charge in [0.15, 0.2) is 0 Å². The third-order valence-electron chi connectivity index (χ3n) is 4.37. The fraction of sp³-hybridized carbons (Fsp3) is 0.643. The number of hydrogen-bond acceptors (Lipinski definition) is 4. The second kappa shape index (κ2) is 4.52. The lowest BCUT2D eigenvalue weighted by atomic mass is 9.86. The van der Waals surface area contributed by atoms with Crippen LogP contribution in [0.15, 0.2) is 23.3 Å². The van der Waals surface area contributed by atoms with E-state index in [0.29, 0.717) is 13.2 Å². The number of ether oxygens (including phenoxy) is 2. The van der Waals surface area contributed by atoms with E-state index in [0.717, 1.165) is 12.8 Å². The summed E-state index contributed by atoms with van der Waals surface area (Å²) in [5.74, 6) is -0.315. The lowest BCUT2D eigenvalue weighted by molar-refractivity contribution is -0.145. The molecule has 1 heterocycles. The van der Waals surface area contributed by atoms with Crippen molar-refractivity contribution in [1.29, 1.82) is 0 Å². The fourth-order valence-corrected chi connectivity index (χ4v) is 3.41. The van der Waals surface area contributed by atoms with Crippen LogP contribution in [0, 0.1) is 17.8 Å². The topological polar surface area (TPSA) is 55.8 Å². The Morgan fingerprint density at radius 2 is 2.28 bits per heavy atom. The molecule has 0 unspecified atom stereocenters. The van der Waals surface area contributed by atoms with Crippen LogP contribution in [0.5, 0.6) is 0 Å². The molecule has 4 atom stereocenters. The molecule has 3 rings (SSSR count). The van der Waals surface area contributed by atoms with E-state index in [9.17, 15) is 9.90 Å². The summed E-state index contributed by atoms with van der Waals surface area (Å²) < 4.78 is 10.4. The van der Waals surface area contributed by atoms with Gasteiger partial charge in [-0.25, -0.2) is 0 Å². The first-order valence-corrected chi connectivity index (χ1v) is 6.46. The van der Waals surface area contributed by atoms with Gasteiger partial charge in [0.1, 0.15) is 0 Å². The lowest BCUT2D eigenvalue weighted by Crippen LogP contribution is -2.24. The first-order chi connectivity index (χ1) is 8.72. The summed E-state index contributed by atoms with van der Waals surface area (Å²) in [6.07, 6.45) is 5.29. The quantitative estimate of drug-likeness (QED) is 0.558. The second-order valence-corrected chi connectivity index (χ2v) is 5.24. The van der Waals surface area contributed by atoms with Crippen LogP contribution < -0.4 is 0 Å². The predicted octanol–water partition coefficient (Wildman–Crippen LogP) is 1.06. The maximum atomic E-state index is 11.8. The van der Waals surface area contributed by atoms with Crippen molar-refractivity contribution in [3.8, 4) is 0 Å². The number of carbonyl (C=O) groups excluding carboxylic acids is 1. The number of hydrogen-bond donors (Lipinski definition) is 1. The van der Waals surface area contributed by atoms with Crippen LogP contribution in [-0.2, 0) is 14.3 Å². The Morgan fingerprint density at radius 1 is 1.44 bits per heavy atom. The fourth-order valence-electron chi connectivity index (χ4n) is 3.41. The summed E-state index contributed by atoms with van der Waals surface area (Å²) in [7, 11) is 1.42. The standard InChI is InChI=1S/C14H18O4/c1-17-14(16)10-3-2-9-8(4-5-13(9)15)11-6-18-7-12(10)11/h2-3,9-10,12-13,15H,4-7H2,1H3/t9-,10+,12+,13+/m0/s1. The lowest BCUT2D eigenvalue weighted by Gasteiger charge is -2.18. The monoisotopic (exact) mass is 250 g/mol. The van der Waals surface area contributed by atoms with E-state index in [4.69, 9.17) is 9.47 Å². The van der Waals surface area contributed by atoms with Gasteiger partial charge in [-0.3, -0.25) is 4.79 Å². The van der Waals surface area contributed by atoms with Gasteiger partial charge in [-0.2, -0.15) is 0 Å². The molecule has 2 aliphatic carbocycles. The predicted molar refractivity (Wildman–Crippen MR) is 64.7 cm³/mol. The minimum atomic E-state index is -0.318. The summed E-state index contributed by atoms with van der Waals surface area (Å²) in [5, 5.41) is 10.0. The van der Waals surface area contributed by atoms with Crippen molar-refractivity contribution in [3.63, 3.8) is 0 Å². The van der Waals surface area contributed by atoms with Crippen molar-refractivity contribution < 1.29 is 19.4 Å². The van der Waals surface area contributed by atoms with Crippen molar-refractivity contribution in [1.82, 2.24) is 0 Å². The zero-order valence-corrected chi connectivity index (χ0v) is 10.5. The average molecular weight is 250 g/mol. The van der Waals surface area contributed by atoms with Crippen LogP contribution >= 0.6 is 0 Å². The van der Waals surface area contributed by atoms with Crippen LogP contribution in [0.25, 0.3) is 0 Å². The zero-order chi connectivity index (χ0) is 12.7. The van der Waals surface area contributed by atoms with Crippen molar-refractivity contribution in [2.24, 2.45) is 17.8 Å². The van der Waals surface area contributed by atoms with E-state index in [-0.39, 0.29) is 29.8 Å². The van der Waals surface area contributed by atoms with E-state index in [1.807, 2.05) is 12.2 Å². The SMILES string of the molecule is COC(=O)[C@@H]1C=C[C@H]2C(=C3COC[C@@H]31)CC[C@H]2O. The van der Waals surface area contributed by atoms with Crippen LogP contribution in [0.3, 0.4) is 0 Å². The van der Waals surface area contributed by atoms with E-state index in [1.165, 1.54) is 18.3 Å². The van der Waals surface area contributed by atoms with Gasteiger partial charge in [-0.05, 0) is 18.4 Å². The molecule has 0 radical (unpaired) electrons. The van der Waals surface area contributed by atoms with Gasteiger partial charge >= 0.3 is 5.97 Å². The molecule has 4 heteroatoms. The van der Waals surface area contributed by atoms with Gasteiger partial charge in [0.25, 0.3) is 0 Å². The van der Waals surface area contributed by atoms with Gasteiger partial charge in [-0.15, -0.1) is 0 Å². The summed E-state index contributed by atoms with van der Waals surface area (Å²) >= 11 is 0. The van der Waals surface area contributed by atoms with Gasteiger partial charge < -0.3 is 14.6 Å². The molecule has 1 saturated heterocycles. The van der Waals surface area contributed by atoms with E-state index in [2.05, 4.69) is 0 Å². The van der Waals surface area contributed by atoms with Crippen molar-refractivity contribution >= 4 is 5.97 Å². The van der Waals surface area contributed by atoms with Crippen LogP contribution in [0.2, 0.25) is 0 Å². The third-order valence-corrected chi connectivity index (χ3v) is 4.37. The second-order valence-electron chi connectivity index (χ2n) is 5.24. The van der Waals surface area contributed by atoms with Crippen LogP contribution in [0.4, 0.5) is 0 Å². The molecule has 1 aliphatic heterocycles. The summed E-state index contributed by atoms with van der Waals surface area (Å²) in [6, 6.07) is 0. The number of aliphatic hydroxyl groups is 1. The molecule has 18 heavy (non-hydrogen) atoms. The Kier molecular flexibility index (Phi) is 2.99. The first kappa shape index (κ1) is 11.9. The normalized spacial score (nSPS) is 38.3. The molecule has 0 aromatic heterocycles. The molecular weight excluding hydrogens is 232 g/mol. The minimum absolute atomic E-state index is 0.0684. The number of carbonyl (C=O) groups is 1. The molecule has 0 aromatic rings. The van der Waals surface area contributed by atoms with Gasteiger partial charge in [0.05, 0.1) is 32.3 Å². The van der Waals surface area contributed by atoms with E-state index >= 15 is 0 Å². The van der Waals surface area contributed by atoms with Crippen LogP contribution in [-0.4, -0.2) is 37.5 Å². The van der Waals surface area contributed by atoms with E-state index < -0.39 is 0 Å². The molecule has 4 nitrogen and oxygen atoms in total. The van der Waals surface area contributed by atoms with Gasteiger partial charge in [0, 0.05) is 11.8 Å². The molecule has 0 aromatic carbocycles. The maximum absolute atomic E-state index is 11.8. The smallest absolute Gasteiger partial charge is 0.313 e. The molecular formula is C14H18O4. The number of aliphatic hydroxyl groups excluding tert-OH is 1. The van der Waals surface area contributed by atoms with Crippen LogP contribution in [0.1, 0.15) is 12.8 Å². The highest BCUT2D eigenvalue weighted by molar-refractivity contribution is 5.75. The van der Waals surface area contributed by atoms with Crippen molar-refractivity contribution in [2.45, 2.75) is 18.9 Å². The number of esters is 1. The molecule has 0 spiro atoms. The van der Waals surface area contributed by atoms with Gasteiger partial charge in [-0.1, -0.05) is 17.7 Å².